The second-order valence-corrected chi connectivity index (χ2v) is 5.97. The summed E-state index contributed by atoms with van der Waals surface area (Å²) in [5.41, 5.74) is 2.94. The van der Waals surface area contributed by atoms with Crippen LogP contribution in [0.25, 0.3) is 11.3 Å². The summed E-state index contributed by atoms with van der Waals surface area (Å²) >= 11 is 0. The Morgan fingerprint density at radius 2 is 1.72 bits per heavy atom. The molecule has 0 bridgehead atoms. The van der Waals surface area contributed by atoms with Crippen LogP contribution in [0.5, 0.6) is 5.75 Å². The van der Waals surface area contributed by atoms with Crippen LogP contribution in [0.15, 0.2) is 53.2 Å². The maximum atomic E-state index is 12.4. The molecule has 0 atom stereocenters. The number of aryl methyl sites for hydroxylation is 1. The fraction of sp³-hybridized carbons (Fsp3) is 0.211. The summed E-state index contributed by atoms with van der Waals surface area (Å²) in [6, 6.07) is 14.7. The van der Waals surface area contributed by atoms with Crippen molar-refractivity contribution in [2.45, 2.75) is 26.9 Å². The molecule has 0 fully saturated rings. The third kappa shape index (κ3) is 4.03. The first kappa shape index (κ1) is 16.7. The first-order valence-electron chi connectivity index (χ1n) is 8.00. The van der Waals surface area contributed by atoms with Crippen LogP contribution in [-0.4, -0.2) is 22.3 Å². The molecular weight excluding hydrogens is 318 g/mol. The molecule has 1 heterocycles. The number of benzene rings is 2. The van der Waals surface area contributed by atoms with E-state index in [0.717, 1.165) is 16.9 Å². The van der Waals surface area contributed by atoms with Gasteiger partial charge in [-0.05, 0) is 55.4 Å². The molecule has 128 valence electrons. The van der Waals surface area contributed by atoms with Gasteiger partial charge in [0.25, 0.3) is 5.91 Å². The van der Waals surface area contributed by atoms with Crippen molar-refractivity contribution in [1.29, 1.82) is 0 Å². The van der Waals surface area contributed by atoms with Crippen molar-refractivity contribution in [2.24, 2.45) is 0 Å². The molecule has 1 amide bonds. The molecular formula is C19H19N3O3. The number of aromatic nitrogens is 2. The van der Waals surface area contributed by atoms with Gasteiger partial charge >= 0.3 is 0 Å². The van der Waals surface area contributed by atoms with Crippen LogP contribution in [-0.2, 0) is 0 Å². The Morgan fingerprint density at radius 3 is 2.36 bits per heavy atom. The lowest BCUT2D eigenvalue weighted by atomic mass is 10.1. The van der Waals surface area contributed by atoms with Gasteiger partial charge in [-0.3, -0.25) is 4.79 Å². The predicted molar refractivity (Wildman–Crippen MR) is 94.6 cm³/mol. The third-order valence-electron chi connectivity index (χ3n) is 3.53. The van der Waals surface area contributed by atoms with Crippen molar-refractivity contribution >= 4 is 11.7 Å². The second-order valence-electron chi connectivity index (χ2n) is 5.97. The van der Waals surface area contributed by atoms with Crippen LogP contribution in [0.3, 0.4) is 0 Å². The quantitative estimate of drug-likeness (QED) is 0.759. The Hall–Kier alpha value is -3.15. The molecule has 0 aliphatic rings. The van der Waals surface area contributed by atoms with Gasteiger partial charge < -0.3 is 10.1 Å². The number of rotatable bonds is 5. The molecule has 0 saturated heterocycles. The Morgan fingerprint density at radius 1 is 1.04 bits per heavy atom. The summed E-state index contributed by atoms with van der Waals surface area (Å²) in [6.45, 7) is 5.90. The van der Waals surface area contributed by atoms with Gasteiger partial charge in [0.05, 0.1) is 6.10 Å². The van der Waals surface area contributed by atoms with Crippen LogP contribution in [0.2, 0.25) is 0 Å². The lowest BCUT2D eigenvalue weighted by molar-refractivity contribution is 0.102. The smallest absolute Gasteiger partial charge is 0.256 e. The Bertz CT molecular complexity index is 852. The molecule has 0 aliphatic heterocycles. The minimum atomic E-state index is -0.292. The minimum Gasteiger partial charge on any atom is -0.491 e. The molecule has 1 aromatic heterocycles. The molecule has 3 aromatic rings. The van der Waals surface area contributed by atoms with E-state index in [1.54, 1.807) is 24.3 Å². The zero-order valence-electron chi connectivity index (χ0n) is 14.3. The zero-order valence-corrected chi connectivity index (χ0v) is 14.3. The van der Waals surface area contributed by atoms with Crippen molar-refractivity contribution in [2.75, 3.05) is 5.32 Å². The van der Waals surface area contributed by atoms with E-state index < -0.39 is 0 Å². The highest BCUT2D eigenvalue weighted by molar-refractivity contribution is 6.05. The number of hydrogen-bond donors (Lipinski definition) is 1. The van der Waals surface area contributed by atoms with Gasteiger partial charge in [0.1, 0.15) is 5.75 Å². The van der Waals surface area contributed by atoms with E-state index in [9.17, 15) is 4.79 Å². The van der Waals surface area contributed by atoms with E-state index in [0.29, 0.717) is 11.3 Å². The highest BCUT2D eigenvalue weighted by Gasteiger charge is 2.16. The first-order chi connectivity index (χ1) is 12.0. The number of anilines is 1. The van der Waals surface area contributed by atoms with E-state index in [1.807, 2.05) is 45.0 Å². The van der Waals surface area contributed by atoms with Crippen molar-refractivity contribution in [3.05, 3.63) is 59.7 Å². The normalized spacial score (nSPS) is 10.7. The first-order valence-corrected chi connectivity index (χ1v) is 8.00. The van der Waals surface area contributed by atoms with Gasteiger partial charge in [-0.2, -0.15) is 0 Å². The van der Waals surface area contributed by atoms with E-state index in [-0.39, 0.29) is 17.8 Å². The van der Waals surface area contributed by atoms with Gasteiger partial charge in [-0.1, -0.05) is 29.8 Å². The van der Waals surface area contributed by atoms with Crippen LogP contribution < -0.4 is 10.1 Å². The Balaban J connectivity index is 1.75. The van der Waals surface area contributed by atoms with Gasteiger partial charge in [0.2, 0.25) is 5.82 Å². The SMILES string of the molecule is Cc1ccc(-c2nonc2NC(=O)c2ccc(OC(C)C)cc2)cc1. The van der Waals surface area contributed by atoms with Crippen molar-refractivity contribution in [3.63, 3.8) is 0 Å². The van der Waals surface area contributed by atoms with Gasteiger partial charge in [0, 0.05) is 11.1 Å². The minimum absolute atomic E-state index is 0.0814. The third-order valence-corrected chi connectivity index (χ3v) is 3.53. The molecule has 0 spiro atoms. The number of nitrogens with zero attached hydrogens (tertiary/aromatic N) is 2. The van der Waals surface area contributed by atoms with Crippen molar-refractivity contribution in [1.82, 2.24) is 10.3 Å². The van der Waals surface area contributed by atoms with E-state index in [2.05, 4.69) is 15.6 Å². The maximum absolute atomic E-state index is 12.4. The molecule has 0 radical (unpaired) electrons. The average molecular weight is 337 g/mol. The Kier molecular flexibility index (Phi) is 4.79. The number of carbonyl (C=O) groups is 1. The van der Waals surface area contributed by atoms with Crippen LogP contribution >= 0.6 is 0 Å². The highest BCUT2D eigenvalue weighted by Crippen LogP contribution is 2.25. The lowest BCUT2D eigenvalue weighted by Gasteiger charge is -2.10. The predicted octanol–water partition coefficient (Wildman–Crippen LogP) is 4.08. The summed E-state index contributed by atoms with van der Waals surface area (Å²) in [5, 5.41) is 10.4. The second kappa shape index (κ2) is 7.17. The summed E-state index contributed by atoms with van der Waals surface area (Å²) in [5.74, 6) is 0.714. The Labute approximate surface area is 145 Å². The number of nitrogens with one attached hydrogen (secondary N) is 1. The molecule has 0 saturated carbocycles. The molecule has 0 unspecified atom stereocenters. The molecule has 6 nitrogen and oxygen atoms in total. The van der Waals surface area contributed by atoms with Gasteiger partial charge in [-0.15, -0.1) is 0 Å². The zero-order chi connectivity index (χ0) is 17.8. The van der Waals surface area contributed by atoms with Crippen molar-refractivity contribution < 1.29 is 14.2 Å². The van der Waals surface area contributed by atoms with E-state index in [4.69, 9.17) is 9.37 Å². The molecule has 1 N–H and O–H groups in total. The molecule has 6 heteroatoms. The van der Waals surface area contributed by atoms with Crippen molar-refractivity contribution in [3.8, 4) is 17.0 Å². The molecule has 3 rings (SSSR count). The fourth-order valence-corrected chi connectivity index (χ4v) is 2.31. The van der Waals surface area contributed by atoms with Crippen LogP contribution in [0.1, 0.15) is 29.8 Å². The van der Waals surface area contributed by atoms with E-state index in [1.165, 1.54) is 0 Å². The molecule has 25 heavy (non-hydrogen) atoms. The maximum Gasteiger partial charge on any atom is 0.256 e. The fourth-order valence-electron chi connectivity index (χ4n) is 2.31. The molecule has 0 aliphatic carbocycles. The molecule has 2 aromatic carbocycles. The number of carbonyl (C=O) groups excluding carboxylic acids is 1. The topological polar surface area (TPSA) is 77.3 Å². The summed E-state index contributed by atoms with van der Waals surface area (Å²) in [7, 11) is 0. The van der Waals surface area contributed by atoms with E-state index >= 15 is 0 Å². The van der Waals surface area contributed by atoms with Crippen LogP contribution in [0, 0.1) is 6.92 Å². The van der Waals surface area contributed by atoms with Crippen LogP contribution in [0.4, 0.5) is 5.82 Å². The largest absolute Gasteiger partial charge is 0.491 e. The standard InChI is InChI=1S/C19H19N3O3/c1-12(2)24-16-10-8-15(9-11-16)19(23)20-18-17(21-25-22-18)14-6-4-13(3)5-7-14/h4-12H,1-3H3,(H,20,22,23). The number of hydrogen-bond acceptors (Lipinski definition) is 5. The lowest BCUT2D eigenvalue weighted by Crippen LogP contribution is -2.13. The average Bonchev–Trinajstić information content (AvgIpc) is 3.03. The number of amides is 1. The van der Waals surface area contributed by atoms with Gasteiger partial charge in [-0.25, -0.2) is 4.63 Å². The van der Waals surface area contributed by atoms with Gasteiger partial charge in [0.15, 0.2) is 5.69 Å². The summed E-state index contributed by atoms with van der Waals surface area (Å²) in [6.07, 6.45) is 0.0814. The summed E-state index contributed by atoms with van der Waals surface area (Å²) in [4.78, 5) is 12.4. The number of ether oxygens (including phenoxy) is 1. The monoisotopic (exact) mass is 337 g/mol. The highest BCUT2D eigenvalue weighted by atomic mass is 16.6. The summed E-state index contributed by atoms with van der Waals surface area (Å²) < 4.78 is 10.4.